The van der Waals surface area contributed by atoms with Gasteiger partial charge in [-0.25, -0.2) is 10.0 Å². The standard InChI is InChI=1S/C9H17ClN4O/c10-9(15)12-5-7-14(8-6-12)13-3-1-11-2-4-13/h11H,1-8H2. The molecule has 0 spiro atoms. The highest BCUT2D eigenvalue weighted by Crippen LogP contribution is 2.08. The average Bonchev–Trinajstić information content (AvgIpc) is 2.30. The number of rotatable bonds is 1. The van der Waals surface area contributed by atoms with Gasteiger partial charge in [0.05, 0.1) is 0 Å². The number of hydrogen-bond acceptors (Lipinski definition) is 4. The van der Waals surface area contributed by atoms with E-state index < -0.39 is 0 Å². The van der Waals surface area contributed by atoms with E-state index in [1.54, 1.807) is 4.90 Å². The van der Waals surface area contributed by atoms with E-state index in [2.05, 4.69) is 15.3 Å². The number of amides is 1. The molecule has 0 aromatic carbocycles. The number of carbonyl (C=O) groups excluding carboxylic acids is 1. The molecule has 1 N–H and O–H groups in total. The third-order valence-electron chi connectivity index (χ3n) is 3.00. The Hall–Kier alpha value is -0.360. The number of nitrogens with one attached hydrogen (secondary N) is 1. The molecule has 2 saturated heterocycles. The van der Waals surface area contributed by atoms with E-state index in [0.29, 0.717) is 0 Å². The maximum Gasteiger partial charge on any atom is 0.316 e. The van der Waals surface area contributed by atoms with Crippen LogP contribution in [0.4, 0.5) is 4.79 Å². The van der Waals surface area contributed by atoms with Crippen LogP contribution in [0.25, 0.3) is 0 Å². The lowest BCUT2D eigenvalue weighted by Gasteiger charge is -2.42. The third kappa shape index (κ3) is 2.81. The summed E-state index contributed by atoms with van der Waals surface area (Å²) in [5, 5.41) is 7.70. The number of nitrogens with zero attached hydrogens (tertiary/aromatic N) is 3. The van der Waals surface area contributed by atoms with Gasteiger partial charge >= 0.3 is 5.37 Å². The zero-order chi connectivity index (χ0) is 10.7. The lowest BCUT2D eigenvalue weighted by molar-refractivity contribution is -0.0561. The molecular weight excluding hydrogens is 216 g/mol. The largest absolute Gasteiger partial charge is 0.327 e. The molecule has 0 aliphatic carbocycles. The molecule has 1 amide bonds. The van der Waals surface area contributed by atoms with Gasteiger partial charge in [0.1, 0.15) is 0 Å². The minimum Gasteiger partial charge on any atom is -0.327 e. The van der Waals surface area contributed by atoms with E-state index in [-0.39, 0.29) is 5.37 Å². The van der Waals surface area contributed by atoms with Crippen LogP contribution in [0.5, 0.6) is 0 Å². The minimum atomic E-state index is -0.324. The first-order chi connectivity index (χ1) is 7.27. The van der Waals surface area contributed by atoms with Gasteiger partial charge < -0.3 is 10.2 Å². The van der Waals surface area contributed by atoms with Crippen molar-refractivity contribution in [2.75, 3.05) is 52.4 Å². The van der Waals surface area contributed by atoms with Crippen molar-refractivity contribution in [1.82, 2.24) is 20.2 Å². The average molecular weight is 233 g/mol. The van der Waals surface area contributed by atoms with E-state index in [9.17, 15) is 4.79 Å². The highest BCUT2D eigenvalue weighted by Gasteiger charge is 2.24. The summed E-state index contributed by atoms with van der Waals surface area (Å²) >= 11 is 5.43. The third-order valence-corrected chi connectivity index (χ3v) is 3.24. The molecule has 2 fully saturated rings. The SMILES string of the molecule is O=C(Cl)N1CCN(N2CCNCC2)CC1. The molecule has 0 bridgehead atoms. The Balaban J connectivity index is 1.79. The number of carbonyl (C=O) groups is 1. The second kappa shape index (κ2) is 5.12. The Morgan fingerprint density at radius 2 is 1.47 bits per heavy atom. The maximum atomic E-state index is 10.9. The predicted octanol–water partition coefficient (Wildman–Crippen LogP) is -0.217. The first kappa shape index (κ1) is 11.1. The summed E-state index contributed by atoms with van der Waals surface area (Å²) in [5.41, 5.74) is 0. The highest BCUT2D eigenvalue weighted by atomic mass is 35.5. The number of hydrazine groups is 1. The topological polar surface area (TPSA) is 38.8 Å². The van der Waals surface area contributed by atoms with Gasteiger partial charge in [0.15, 0.2) is 0 Å². The van der Waals surface area contributed by atoms with Crippen LogP contribution in [0.2, 0.25) is 0 Å². The van der Waals surface area contributed by atoms with Crippen LogP contribution in [0, 0.1) is 0 Å². The van der Waals surface area contributed by atoms with Gasteiger partial charge in [0, 0.05) is 52.4 Å². The zero-order valence-electron chi connectivity index (χ0n) is 8.78. The maximum absolute atomic E-state index is 10.9. The number of hydrogen-bond donors (Lipinski definition) is 1. The molecular formula is C9H17ClN4O. The van der Waals surface area contributed by atoms with Crippen LogP contribution in [0.15, 0.2) is 0 Å². The minimum absolute atomic E-state index is 0.324. The molecule has 2 aliphatic rings. The van der Waals surface area contributed by atoms with Gasteiger partial charge in [-0.2, -0.15) is 0 Å². The van der Waals surface area contributed by atoms with Gasteiger partial charge in [-0.1, -0.05) is 0 Å². The Bertz CT molecular complexity index is 224. The molecule has 6 heteroatoms. The van der Waals surface area contributed by atoms with Crippen molar-refractivity contribution in [3.8, 4) is 0 Å². The van der Waals surface area contributed by atoms with Gasteiger partial charge in [-0.05, 0) is 11.6 Å². The van der Waals surface area contributed by atoms with Crippen LogP contribution in [0.1, 0.15) is 0 Å². The molecule has 0 aromatic rings. The van der Waals surface area contributed by atoms with Gasteiger partial charge in [0.2, 0.25) is 0 Å². The van der Waals surface area contributed by atoms with Crippen molar-refractivity contribution >= 4 is 17.0 Å². The Morgan fingerprint density at radius 1 is 0.933 bits per heavy atom. The molecule has 15 heavy (non-hydrogen) atoms. The second-order valence-electron chi connectivity index (χ2n) is 3.90. The molecule has 0 saturated carbocycles. The Kier molecular flexibility index (Phi) is 3.80. The summed E-state index contributed by atoms with van der Waals surface area (Å²) in [6.07, 6.45) is 0. The van der Waals surface area contributed by atoms with E-state index in [4.69, 9.17) is 11.6 Å². The van der Waals surface area contributed by atoms with Crippen molar-refractivity contribution in [1.29, 1.82) is 0 Å². The Morgan fingerprint density at radius 3 is 2.00 bits per heavy atom. The first-order valence-electron chi connectivity index (χ1n) is 5.42. The molecule has 2 aliphatic heterocycles. The van der Waals surface area contributed by atoms with E-state index in [0.717, 1.165) is 52.4 Å². The Labute approximate surface area is 94.9 Å². The smallest absolute Gasteiger partial charge is 0.316 e. The fourth-order valence-corrected chi connectivity index (χ4v) is 2.26. The fraction of sp³-hybridized carbons (Fsp3) is 0.889. The second-order valence-corrected chi connectivity index (χ2v) is 4.22. The van der Waals surface area contributed by atoms with Crippen molar-refractivity contribution in [3.05, 3.63) is 0 Å². The lowest BCUT2D eigenvalue weighted by atomic mass is 10.3. The molecule has 0 radical (unpaired) electrons. The highest BCUT2D eigenvalue weighted by molar-refractivity contribution is 6.62. The van der Waals surface area contributed by atoms with Gasteiger partial charge in [-0.15, -0.1) is 0 Å². The summed E-state index contributed by atoms with van der Waals surface area (Å²) in [6, 6.07) is 0. The molecule has 5 nitrogen and oxygen atoms in total. The van der Waals surface area contributed by atoms with Crippen LogP contribution in [-0.4, -0.2) is 72.6 Å². The summed E-state index contributed by atoms with van der Waals surface area (Å²) in [5.74, 6) is 0. The van der Waals surface area contributed by atoms with E-state index in [1.165, 1.54) is 0 Å². The number of halogens is 1. The van der Waals surface area contributed by atoms with Crippen LogP contribution in [-0.2, 0) is 0 Å². The fourth-order valence-electron chi connectivity index (χ4n) is 2.09. The van der Waals surface area contributed by atoms with Crippen LogP contribution in [0.3, 0.4) is 0 Å². The summed E-state index contributed by atoms with van der Waals surface area (Å²) < 4.78 is 0. The molecule has 2 rings (SSSR count). The molecule has 86 valence electrons. The van der Waals surface area contributed by atoms with E-state index in [1.807, 2.05) is 0 Å². The first-order valence-corrected chi connectivity index (χ1v) is 5.80. The molecule has 0 unspecified atom stereocenters. The van der Waals surface area contributed by atoms with E-state index >= 15 is 0 Å². The molecule has 0 aromatic heterocycles. The van der Waals surface area contributed by atoms with Crippen LogP contribution >= 0.6 is 11.6 Å². The summed E-state index contributed by atoms with van der Waals surface area (Å²) in [7, 11) is 0. The van der Waals surface area contributed by atoms with Crippen LogP contribution < -0.4 is 5.32 Å². The van der Waals surface area contributed by atoms with Gasteiger partial charge in [-0.3, -0.25) is 4.79 Å². The molecule has 0 atom stereocenters. The molecule has 2 heterocycles. The van der Waals surface area contributed by atoms with Crippen molar-refractivity contribution in [2.24, 2.45) is 0 Å². The normalized spacial score (nSPS) is 25.5. The van der Waals surface area contributed by atoms with Gasteiger partial charge in [0.25, 0.3) is 0 Å². The lowest BCUT2D eigenvalue weighted by Crippen LogP contribution is -2.58. The monoisotopic (exact) mass is 232 g/mol. The summed E-state index contributed by atoms with van der Waals surface area (Å²) in [4.78, 5) is 12.6. The predicted molar refractivity (Wildman–Crippen MR) is 58.8 cm³/mol. The van der Waals surface area contributed by atoms with Crippen molar-refractivity contribution in [2.45, 2.75) is 0 Å². The number of piperazine rings is 2. The zero-order valence-corrected chi connectivity index (χ0v) is 9.54. The summed E-state index contributed by atoms with van der Waals surface area (Å²) in [6.45, 7) is 7.52. The van der Waals surface area contributed by atoms with Crippen molar-refractivity contribution < 1.29 is 4.79 Å². The van der Waals surface area contributed by atoms with Crippen molar-refractivity contribution in [3.63, 3.8) is 0 Å². The quantitative estimate of drug-likeness (QED) is 0.501.